The number of nitrogens with one attached hydrogen (secondary N) is 3. The van der Waals surface area contributed by atoms with E-state index >= 15 is 0 Å². The monoisotopic (exact) mass is 418 g/mol. The van der Waals surface area contributed by atoms with Crippen LogP contribution in [0.1, 0.15) is 26.0 Å². The van der Waals surface area contributed by atoms with E-state index in [0.717, 1.165) is 29.7 Å². The van der Waals surface area contributed by atoms with Crippen molar-refractivity contribution in [2.45, 2.75) is 26.7 Å². The zero-order chi connectivity index (χ0) is 21.8. The molecular weight excluding hydrogens is 395 g/mol. The molecule has 7 nitrogen and oxygen atoms in total. The van der Waals surface area contributed by atoms with E-state index in [2.05, 4.69) is 37.5 Å². The van der Waals surface area contributed by atoms with Gasteiger partial charge in [0.05, 0.1) is 5.52 Å². The molecule has 8 heteroatoms. The van der Waals surface area contributed by atoms with Crippen molar-refractivity contribution in [2.24, 2.45) is 0 Å². The van der Waals surface area contributed by atoms with Gasteiger partial charge < -0.3 is 10.3 Å². The van der Waals surface area contributed by atoms with Crippen LogP contribution >= 0.6 is 0 Å². The molecule has 0 fully saturated rings. The molecule has 0 atom stereocenters. The van der Waals surface area contributed by atoms with Crippen LogP contribution in [0, 0.1) is 5.82 Å². The van der Waals surface area contributed by atoms with Crippen LogP contribution in [0.5, 0.6) is 0 Å². The van der Waals surface area contributed by atoms with E-state index in [-0.39, 0.29) is 17.7 Å². The van der Waals surface area contributed by atoms with Crippen molar-refractivity contribution in [3.8, 4) is 22.4 Å². The van der Waals surface area contributed by atoms with Gasteiger partial charge in [0.25, 0.3) is 0 Å². The molecule has 0 bridgehead atoms. The van der Waals surface area contributed by atoms with Crippen molar-refractivity contribution in [3.05, 3.63) is 60.3 Å². The number of carbonyl (C=O) groups is 1. The predicted molar refractivity (Wildman–Crippen MR) is 119 cm³/mol. The summed E-state index contributed by atoms with van der Waals surface area (Å²) >= 11 is 0. The molecule has 0 aliphatic rings. The summed E-state index contributed by atoms with van der Waals surface area (Å²) in [5.74, 6) is -0.175. The molecule has 3 N–H and O–H groups in total. The maximum atomic E-state index is 14.6. The Labute approximate surface area is 179 Å². The fraction of sp³-hybridized carbons (Fsp3) is 0.217. The summed E-state index contributed by atoms with van der Waals surface area (Å²) in [7, 11) is 0. The van der Waals surface area contributed by atoms with Gasteiger partial charge in [-0.15, -0.1) is 0 Å². The fourth-order valence-electron chi connectivity index (χ4n) is 3.42. The van der Waals surface area contributed by atoms with E-state index in [1.165, 1.54) is 6.07 Å². The van der Waals surface area contributed by atoms with Crippen molar-refractivity contribution < 1.29 is 9.18 Å². The Kier molecular flexibility index (Phi) is 5.88. The van der Waals surface area contributed by atoms with Crippen LogP contribution in [0.4, 0.5) is 15.1 Å². The van der Waals surface area contributed by atoms with Gasteiger partial charge in [0.1, 0.15) is 17.0 Å². The third-order valence-corrected chi connectivity index (χ3v) is 4.83. The van der Waals surface area contributed by atoms with Crippen molar-refractivity contribution in [2.75, 3.05) is 11.9 Å². The number of aromatic amines is 1. The van der Waals surface area contributed by atoms with Gasteiger partial charge in [0, 0.05) is 35.8 Å². The van der Waals surface area contributed by atoms with E-state index in [4.69, 9.17) is 0 Å². The number of H-pyrrole nitrogens is 1. The Hall–Kier alpha value is -3.81. The third-order valence-electron chi connectivity index (χ3n) is 4.83. The normalized spacial score (nSPS) is 10.9. The second-order valence-electron chi connectivity index (χ2n) is 7.11. The lowest BCUT2D eigenvalue weighted by molar-refractivity contribution is 0.252. The van der Waals surface area contributed by atoms with Crippen molar-refractivity contribution in [1.82, 2.24) is 25.3 Å². The zero-order valence-corrected chi connectivity index (χ0v) is 17.4. The summed E-state index contributed by atoms with van der Waals surface area (Å²) in [4.78, 5) is 28.2. The van der Waals surface area contributed by atoms with E-state index in [1.807, 2.05) is 37.4 Å². The maximum Gasteiger partial charge on any atom is 0.321 e. The average Bonchev–Trinajstić information content (AvgIpc) is 3.16. The molecule has 0 aliphatic heterocycles. The zero-order valence-electron chi connectivity index (χ0n) is 17.4. The quantitative estimate of drug-likeness (QED) is 0.414. The van der Waals surface area contributed by atoms with E-state index in [1.54, 1.807) is 12.3 Å². The smallest absolute Gasteiger partial charge is 0.321 e. The standard InChI is InChI=1S/C23H23FN6O/c1-3-6-16-9-8-14(13-27-16)15-11-17(20-18(24)7-5-10-26-20)21-19(12-15)28-22(29-21)30-23(31)25-4-2/h5,7-13H,3-4,6H2,1-2H3,(H3,25,28,29,30,31). The van der Waals surface area contributed by atoms with Gasteiger partial charge in [-0.2, -0.15) is 0 Å². The van der Waals surface area contributed by atoms with Crippen LogP contribution in [0.15, 0.2) is 48.8 Å². The number of benzene rings is 1. The Morgan fingerprint density at radius 1 is 1.13 bits per heavy atom. The minimum atomic E-state index is -0.446. The molecule has 1 aromatic carbocycles. The number of amides is 2. The van der Waals surface area contributed by atoms with Crippen molar-refractivity contribution >= 4 is 23.0 Å². The molecule has 0 aliphatic carbocycles. The van der Waals surface area contributed by atoms with Crippen LogP contribution in [-0.4, -0.2) is 32.5 Å². The van der Waals surface area contributed by atoms with E-state index < -0.39 is 5.82 Å². The minimum absolute atomic E-state index is 0.195. The number of imidazole rings is 1. The summed E-state index contributed by atoms with van der Waals surface area (Å²) in [6.45, 7) is 4.43. The predicted octanol–water partition coefficient (Wildman–Crippen LogP) is 4.92. The molecule has 3 heterocycles. The Balaban J connectivity index is 1.84. The molecule has 0 saturated heterocycles. The molecule has 0 unspecified atom stereocenters. The summed E-state index contributed by atoms with van der Waals surface area (Å²) < 4.78 is 14.6. The second-order valence-corrected chi connectivity index (χ2v) is 7.11. The molecule has 4 rings (SSSR count). The summed E-state index contributed by atoms with van der Waals surface area (Å²) in [5.41, 5.74) is 4.66. The van der Waals surface area contributed by atoms with Crippen LogP contribution < -0.4 is 10.6 Å². The highest BCUT2D eigenvalue weighted by Crippen LogP contribution is 2.34. The average molecular weight is 418 g/mol. The first-order valence-electron chi connectivity index (χ1n) is 10.2. The number of aryl methyl sites for hydroxylation is 1. The number of hydrogen-bond acceptors (Lipinski definition) is 4. The SMILES string of the molecule is CCCc1ccc(-c2cc(-c3ncccc3F)c3nc(NC(=O)NCC)[nH]c3c2)cn1. The largest absolute Gasteiger partial charge is 0.338 e. The lowest BCUT2D eigenvalue weighted by Crippen LogP contribution is -2.28. The van der Waals surface area contributed by atoms with Crippen LogP contribution in [0.25, 0.3) is 33.4 Å². The first-order valence-corrected chi connectivity index (χ1v) is 10.2. The summed E-state index contributed by atoms with van der Waals surface area (Å²) in [5, 5.41) is 5.32. The highest BCUT2D eigenvalue weighted by Gasteiger charge is 2.17. The van der Waals surface area contributed by atoms with Gasteiger partial charge in [-0.25, -0.2) is 14.2 Å². The molecule has 158 valence electrons. The molecule has 2 amide bonds. The third kappa shape index (κ3) is 4.37. The van der Waals surface area contributed by atoms with E-state index in [9.17, 15) is 9.18 Å². The van der Waals surface area contributed by atoms with Crippen LogP contribution in [0.2, 0.25) is 0 Å². The van der Waals surface area contributed by atoms with Gasteiger partial charge >= 0.3 is 6.03 Å². The second kappa shape index (κ2) is 8.91. The Morgan fingerprint density at radius 3 is 2.71 bits per heavy atom. The fourth-order valence-corrected chi connectivity index (χ4v) is 3.42. The number of pyridine rings is 2. The molecule has 0 saturated carbocycles. The molecule has 0 radical (unpaired) electrons. The molecule has 0 spiro atoms. The molecular formula is C23H23FN6O. The first-order chi connectivity index (χ1) is 15.1. The van der Waals surface area contributed by atoms with Crippen molar-refractivity contribution in [3.63, 3.8) is 0 Å². The molecule has 4 aromatic rings. The lowest BCUT2D eigenvalue weighted by atomic mass is 10.0. The number of nitrogens with zero attached hydrogens (tertiary/aromatic N) is 3. The number of rotatable bonds is 6. The number of anilines is 1. The topological polar surface area (TPSA) is 95.6 Å². The summed E-state index contributed by atoms with van der Waals surface area (Å²) in [6, 6.07) is 10.3. The minimum Gasteiger partial charge on any atom is -0.338 e. The van der Waals surface area contributed by atoms with Crippen LogP contribution in [-0.2, 0) is 6.42 Å². The number of hydrogen-bond donors (Lipinski definition) is 3. The highest BCUT2D eigenvalue weighted by atomic mass is 19.1. The van der Waals surface area contributed by atoms with Gasteiger partial charge in [0.2, 0.25) is 5.95 Å². The lowest BCUT2D eigenvalue weighted by Gasteiger charge is -2.08. The number of halogens is 1. The Morgan fingerprint density at radius 2 is 2.00 bits per heavy atom. The van der Waals surface area contributed by atoms with Gasteiger partial charge in [-0.1, -0.05) is 19.4 Å². The summed E-state index contributed by atoms with van der Waals surface area (Å²) in [6.07, 6.45) is 5.30. The van der Waals surface area contributed by atoms with Gasteiger partial charge in [-0.05, 0) is 49.2 Å². The first kappa shape index (κ1) is 20.5. The Bertz CT molecular complexity index is 1220. The van der Waals surface area contributed by atoms with Gasteiger partial charge in [-0.3, -0.25) is 15.3 Å². The molecule has 3 aromatic heterocycles. The maximum absolute atomic E-state index is 14.6. The highest BCUT2D eigenvalue weighted by molar-refractivity contribution is 5.98. The van der Waals surface area contributed by atoms with Gasteiger partial charge in [0.15, 0.2) is 0 Å². The van der Waals surface area contributed by atoms with E-state index in [0.29, 0.717) is 23.1 Å². The number of fused-ring (bicyclic) bond motifs is 1. The van der Waals surface area contributed by atoms with Crippen molar-refractivity contribution in [1.29, 1.82) is 0 Å². The molecule has 31 heavy (non-hydrogen) atoms. The number of carbonyl (C=O) groups excluding carboxylic acids is 1. The van der Waals surface area contributed by atoms with Crippen LogP contribution in [0.3, 0.4) is 0 Å². The number of aromatic nitrogens is 4. The number of urea groups is 1.